The molecule has 2 rings (SSSR count). The van der Waals surface area contributed by atoms with Crippen molar-refractivity contribution in [2.75, 3.05) is 6.54 Å². The van der Waals surface area contributed by atoms with Gasteiger partial charge in [-0.15, -0.1) is 10.2 Å². The Morgan fingerprint density at radius 3 is 3.00 bits per heavy atom. The van der Waals surface area contributed by atoms with Gasteiger partial charge in [-0.05, 0) is 24.6 Å². The number of rotatable bonds is 6. The van der Waals surface area contributed by atoms with Gasteiger partial charge in [0.2, 0.25) is 0 Å². The molecule has 0 aliphatic rings. The molecule has 2 aromatic rings. The number of hydrogen-bond donors (Lipinski definition) is 2. The van der Waals surface area contributed by atoms with Gasteiger partial charge in [-0.2, -0.15) is 0 Å². The van der Waals surface area contributed by atoms with Crippen LogP contribution in [0.2, 0.25) is 5.02 Å². The van der Waals surface area contributed by atoms with Crippen molar-refractivity contribution in [3.63, 3.8) is 0 Å². The molecule has 2 amide bonds. The van der Waals surface area contributed by atoms with Crippen LogP contribution >= 0.6 is 11.6 Å². The van der Waals surface area contributed by atoms with Gasteiger partial charge in [0.1, 0.15) is 12.2 Å². The molecule has 0 saturated carbocycles. The third-order valence-electron chi connectivity index (χ3n) is 3.35. The van der Waals surface area contributed by atoms with E-state index in [2.05, 4.69) is 20.8 Å². The quantitative estimate of drug-likeness (QED) is 0.859. The van der Waals surface area contributed by atoms with E-state index in [4.69, 9.17) is 11.6 Å². The Hall–Kier alpha value is -2.08. The van der Waals surface area contributed by atoms with Crippen LogP contribution in [0.1, 0.15) is 31.3 Å². The predicted octanol–water partition coefficient (Wildman–Crippen LogP) is 2.55. The lowest BCUT2D eigenvalue weighted by Crippen LogP contribution is -2.38. The van der Waals surface area contributed by atoms with E-state index in [-0.39, 0.29) is 12.1 Å². The van der Waals surface area contributed by atoms with Crippen LogP contribution in [0.5, 0.6) is 0 Å². The minimum Gasteiger partial charge on any atom is -0.336 e. The van der Waals surface area contributed by atoms with Gasteiger partial charge < -0.3 is 15.2 Å². The first-order chi connectivity index (χ1) is 10.6. The maximum Gasteiger partial charge on any atom is 0.315 e. The van der Waals surface area contributed by atoms with Gasteiger partial charge in [-0.25, -0.2) is 4.79 Å². The maximum atomic E-state index is 11.9. The third-order valence-corrected chi connectivity index (χ3v) is 3.58. The number of amides is 2. The van der Waals surface area contributed by atoms with E-state index in [9.17, 15) is 4.79 Å². The Morgan fingerprint density at radius 1 is 1.45 bits per heavy atom. The molecule has 1 heterocycles. The summed E-state index contributed by atoms with van der Waals surface area (Å²) in [4.78, 5) is 11.9. The first-order valence-electron chi connectivity index (χ1n) is 7.26. The molecule has 1 aromatic heterocycles. The van der Waals surface area contributed by atoms with Crippen LogP contribution in [-0.2, 0) is 13.0 Å². The monoisotopic (exact) mass is 321 g/mol. The molecule has 0 spiro atoms. The Labute approximate surface area is 134 Å². The molecule has 2 N–H and O–H groups in total. The SMILES string of the molecule is CCc1nncn1CCNC(=O)N[C@@H](C)c1cccc(Cl)c1. The number of hydrogen-bond acceptors (Lipinski definition) is 3. The highest BCUT2D eigenvalue weighted by atomic mass is 35.5. The summed E-state index contributed by atoms with van der Waals surface area (Å²) >= 11 is 5.95. The summed E-state index contributed by atoms with van der Waals surface area (Å²) in [5, 5.41) is 14.2. The summed E-state index contributed by atoms with van der Waals surface area (Å²) in [7, 11) is 0. The average Bonchev–Trinajstić information content (AvgIpc) is 2.94. The predicted molar refractivity (Wildman–Crippen MR) is 85.8 cm³/mol. The van der Waals surface area contributed by atoms with Gasteiger partial charge in [0.15, 0.2) is 0 Å². The molecule has 118 valence electrons. The van der Waals surface area contributed by atoms with E-state index in [1.807, 2.05) is 42.7 Å². The normalized spacial score (nSPS) is 12.0. The lowest BCUT2D eigenvalue weighted by molar-refractivity contribution is 0.237. The Bertz CT molecular complexity index is 628. The number of carbonyl (C=O) groups excluding carboxylic acids is 1. The first kappa shape index (κ1) is 16.3. The number of nitrogens with zero attached hydrogens (tertiary/aromatic N) is 3. The fourth-order valence-electron chi connectivity index (χ4n) is 2.14. The minimum absolute atomic E-state index is 0.111. The zero-order valence-electron chi connectivity index (χ0n) is 12.7. The summed E-state index contributed by atoms with van der Waals surface area (Å²) in [6.07, 6.45) is 2.49. The highest BCUT2D eigenvalue weighted by Gasteiger charge is 2.09. The summed E-state index contributed by atoms with van der Waals surface area (Å²) in [6.45, 7) is 5.10. The number of aryl methyl sites for hydroxylation is 1. The molecule has 0 fully saturated rings. The second-order valence-corrected chi connectivity index (χ2v) is 5.41. The molecule has 7 heteroatoms. The maximum absolute atomic E-state index is 11.9. The summed E-state index contributed by atoms with van der Waals surface area (Å²) in [6, 6.07) is 7.13. The molecule has 0 bridgehead atoms. The Kier molecular flexibility index (Phi) is 5.77. The van der Waals surface area contributed by atoms with Gasteiger partial charge in [-0.3, -0.25) is 0 Å². The standard InChI is InChI=1S/C15H20ClN5O/c1-3-14-20-18-10-21(14)8-7-17-15(22)19-11(2)12-5-4-6-13(16)9-12/h4-6,9-11H,3,7-8H2,1-2H3,(H2,17,19,22)/t11-/m0/s1. The van der Waals surface area contributed by atoms with Crippen molar-refractivity contribution in [1.82, 2.24) is 25.4 Å². The van der Waals surface area contributed by atoms with Crippen LogP contribution in [0.25, 0.3) is 0 Å². The van der Waals surface area contributed by atoms with Crippen LogP contribution in [-0.4, -0.2) is 27.3 Å². The lowest BCUT2D eigenvalue weighted by atomic mass is 10.1. The smallest absolute Gasteiger partial charge is 0.315 e. The minimum atomic E-state index is -0.210. The van der Waals surface area contributed by atoms with Crippen molar-refractivity contribution in [2.45, 2.75) is 32.9 Å². The summed E-state index contributed by atoms with van der Waals surface area (Å²) in [5.41, 5.74) is 0.967. The van der Waals surface area contributed by atoms with Gasteiger partial charge in [0.05, 0.1) is 6.04 Å². The molecule has 6 nitrogen and oxygen atoms in total. The molecule has 0 unspecified atom stereocenters. The Balaban J connectivity index is 1.78. The Morgan fingerprint density at radius 2 is 2.27 bits per heavy atom. The largest absolute Gasteiger partial charge is 0.336 e. The molecule has 1 atom stereocenters. The van der Waals surface area contributed by atoms with Crippen LogP contribution in [0.3, 0.4) is 0 Å². The van der Waals surface area contributed by atoms with Crippen molar-refractivity contribution in [3.8, 4) is 0 Å². The number of halogens is 1. The topological polar surface area (TPSA) is 71.8 Å². The van der Waals surface area contributed by atoms with Crippen molar-refractivity contribution >= 4 is 17.6 Å². The molecule has 0 saturated heterocycles. The molecule has 1 aromatic carbocycles. The van der Waals surface area contributed by atoms with E-state index in [0.29, 0.717) is 18.1 Å². The van der Waals surface area contributed by atoms with E-state index < -0.39 is 0 Å². The highest BCUT2D eigenvalue weighted by molar-refractivity contribution is 6.30. The second-order valence-electron chi connectivity index (χ2n) is 4.97. The first-order valence-corrected chi connectivity index (χ1v) is 7.64. The van der Waals surface area contributed by atoms with Crippen LogP contribution in [0.15, 0.2) is 30.6 Å². The number of aromatic nitrogens is 3. The van der Waals surface area contributed by atoms with Gasteiger partial charge in [0, 0.05) is 24.5 Å². The van der Waals surface area contributed by atoms with Gasteiger partial charge in [-0.1, -0.05) is 30.7 Å². The number of carbonyl (C=O) groups is 1. The number of urea groups is 1. The molecule has 0 radical (unpaired) electrons. The van der Waals surface area contributed by atoms with Gasteiger partial charge >= 0.3 is 6.03 Å². The van der Waals surface area contributed by atoms with Crippen molar-refractivity contribution in [3.05, 3.63) is 47.0 Å². The molecule has 0 aliphatic heterocycles. The lowest BCUT2D eigenvalue weighted by Gasteiger charge is -2.15. The fraction of sp³-hybridized carbons (Fsp3) is 0.400. The van der Waals surface area contributed by atoms with E-state index in [1.54, 1.807) is 6.33 Å². The van der Waals surface area contributed by atoms with Crippen molar-refractivity contribution in [1.29, 1.82) is 0 Å². The summed E-state index contributed by atoms with van der Waals surface area (Å²) in [5.74, 6) is 0.912. The molecular weight excluding hydrogens is 302 g/mol. The molecule has 0 aliphatic carbocycles. The van der Waals surface area contributed by atoms with Crippen LogP contribution in [0.4, 0.5) is 4.79 Å². The fourth-order valence-corrected chi connectivity index (χ4v) is 2.34. The van der Waals surface area contributed by atoms with Gasteiger partial charge in [0.25, 0.3) is 0 Å². The third kappa shape index (κ3) is 4.46. The zero-order valence-corrected chi connectivity index (χ0v) is 13.5. The van der Waals surface area contributed by atoms with E-state index in [1.165, 1.54) is 0 Å². The average molecular weight is 322 g/mol. The van der Waals surface area contributed by atoms with Crippen LogP contribution < -0.4 is 10.6 Å². The number of benzene rings is 1. The van der Waals surface area contributed by atoms with Crippen molar-refractivity contribution < 1.29 is 4.79 Å². The molecule has 22 heavy (non-hydrogen) atoms. The summed E-state index contributed by atoms with van der Waals surface area (Å²) < 4.78 is 1.93. The van der Waals surface area contributed by atoms with E-state index in [0.717, 1.165) is 17.8 Å². The van der Waals surface area contributed by atoms with Crippen molar-refractivity contribution in [2.24, 2.45) is 0 Å². The van der Waals surface area contributed by atoms with E-state index >= 15 is 0 Å². The van der Waals surface area contributed by atoms with Crippen LogP contribution in [0, 0.1) is 0 Å². The zero-order chi connectivity index (χ0) is 15.9. The second kappa shape index (κ2) is 7.79. The number of nitrogens with one attached hydrogen (secondary N) is 2. The highest BCUT2D eigenvalue weighted by Crippen LogP contribution is 2.16. The molecular formula is C15H20ClN5O.